The highest BCUT2D eigenvalue weighted by atomic mass is 16.4. The van der Waals surface area contributed by atoms with Crippen molar-refractivity contribution in [3.8, 4) is 0 Å². The maximum absolute atomic E-state index is 12.0. The summed E-state index contributed by atoms with van der Waals surface area (Å²) < 4.78 is 0. The van der Waals surface area contributed by atoms with Crippen LogP contribution in [0.1, 0.15) is 58.8 Å². The molecule has 6 heteroatoms. The van der Waals surface area contributed by atoms with E-state index < -0.39 is 30.1 Å². The van der Waals surface area contributed by atoms with Crippen molar-refractivity contribution in [2.24, 2.45) is 17.6 Å². The van der Waals surface area contributed by atoms with Crippen LogP contribution in [0.15, 0.2) is 0 Å². The zero-order valence-electron chi connectivity index (χ0n) is 13.6. The summed E-state index contributed by atoms with van der Waals surface area (Å²) in [5.41, 5.74) is 5.94. The first-order chi connectivity index (χ1) is 10.3. The number of hydrogen-bond donors (Lipinski definition) is 4. The van der Waals surface area contributed by atoms with E-state index in [0.717, 1.165) is 12.8 Å². The molecule has 0 aliphatic heterocycles. The van der Waals surface area contributed by atoms with Gasteiger partial charge in [0, 0.05) is 6.04 Å². The molecule has 22 heavy (non-hydrogen) atoms. The highest BCUT2D eigenvalue weighted by molar-refractivity contribution is 5.86. The number of carbonyl (C=O) groups is 2. The molecule has 1 saturated carbocycles. The van der Waals surface area contributed by atoms with E-state index in [9.17, 15) is 14.7 Å². The third kappa shape index (κ3) is 6.32. The Morgan fingerprint density at radius 1 is 1.23 bits per heavy atom. The maximum atomic E-state index is 12.0. The van der Waals surface area contributed by atoms with Crippen molar-refractivity contribution in [3.05, 3.63) is 0 Å². The van der Waals surface area contributed by atoms with Crippen LogP contribution >= 0.6 is 0 Å². The molecule has 3 atom stereocenters. The number of aliphatic hydroxyl groups excluding tert-OH is 1. The standard InChI is InChI=1S/C16H30N2O4/c1-10(2)8-13(16(21)22)18-15(20)14(19)12(17)9-11-6-4-3-5-7-11/h10-14,19H,3-9,17H2,1-2H3,(H,18,20)(H,21,22)/t12-,13+,14-/m1/s1. The number of aliphatic carboxylic acids is 1. The Morgan fingerprint density at radius 2 is 1.82 bits per heavy atom. The number of carbonyl (C=O) groups excluding carboxylic acids is 1. The molecule has 5 N–H and O–H groups in total. The normalized spacial score (nSPS) is 20.4. The lowest BCUT2D eigenvalue weighted by Gasteiger charge is -2.27. The van der Waals surface area contributed by atoms with E-state index in [1.807, 2.05) is 13.8 Å². The van der Waals surface area contributed by atoms with Crippen molar-refractivity contribution in [1.82, 2.24) is 5.32 Å². The van der Waals surface area contributed by atoms with E-state index >= 15 is 0 Å². The number of aliphatic hydroxyl groups is 1. The van der Waals surface area contributed by atoms with Crippen molar-refractivity contribution < 1.29 is 19.8 Å². The molecular formula is C16H30N2O4. The number of amides is 1. The molecule has 0 saturated heterocycles. The van der Waals surface area contributed by atoms with Gasteiger partial charge in [0.2, 0.25) is 0 Å². The molecule has 0 aromatic carbocycles. The molecule has 0 aromatic heterocycles. The minimum absolute atomic E-state index is 0.134. The van der Waals surface area contributed by atoms with Crippen molar-refractivity contribution in [3.63, 3.8) is 0 Å². The highest BCUT2D eigenvalue weighted by Gasteiger charge is 2.29. The van der Waals surface area contributed by atoms with Crippen LogP contribution in [0.25, 0.3) is 0 Å². The lowest BCUT2D eigenvalue weighted by molar-refractivity contribution is -0.144. The SMILES string of the molecule is CC(C)C[C@H](NC(=O)[C@H](O)[C@H](N)CC1CCCCC1)C(=O)O. The Hall–Kier alpha value is -1.14. The second-order valence-electron chi connectivity index (χ2n) is 6.88. The smallest absolute Gasteiger partial charge is 0.326 e. The highest BCUT2D eigenvalue weighted by Crippen LogP contribution is 2.27. The fourth-order valence-electron chi connectivity index (χ4n) is 3.08. The summed E-state index contributed by atoms with van der Waals surface area (Å²) in [6.07, 6.45) is 5.35. The number of hydrogen-bond acceptors (Lipinski definition) is 4. The molecule has 0 radical (unpaired) electrons. The molecule has 0 heterocycles. The van der Waals surface area contributed by atoms with Gasteiger partial charge < -0.3 is 21.3 Å². The van der Waals surface area contributed by atoms with E-state index in [2.05, 4.69) is 5.32 Å². The molecule has 6 nitrogen and oxygen atoms in total. The van der Waals surface area contributed by atoms with Crippen LogP contribution in [0.3, 0.4) is 0 Å². The average Bonchev–Trinajstić information content (AvgIpc) is 2.46. The lowest BCUT2D eigenvalue weighted by Crippen LogP contribution is -2.52. The molecule has 0 unspecified atom stereocenters. The molecule has 1 rings (SSSR count). The van der Waals surface area contributed by atoms with Crippen molar-refractivity contribution in [2.75, 3.05) is 0 Å². The number of carboxylic acids is 1. The van der Waals surface area contributed by atoms with Gasteiger partial charge in [-0.3, -0.25) is 4.79 Å². The van der Waals surface area contributed by atoms with Gasteiger partial charge in [0.1, 0.15) is 12.1 Å². The molecule has 1 fully saturated rings. The van der Waals surface area contributed by atoms with Crippen molar-refractivity contribution in [2.45, 2.75) is 77.0 Å². The van der Waals surface area contributed by atoms with Crippen LogP contribution in [0.2, 0.25) is 0 Å². The van der Waals surface area contributed by atoms with Crippen LogP contribution in [0.4, 0.5) is 0 Å². The summed E-state index contributed by atoms with van der Waals surface area (Å²) in [7, 11) is 0. The van der Waals surface area contributed by atoms with Gasteiger partial charge in [-0.15, -0.1) is 0 Å². The largest absolute Gasteiger partial charge is 0.480 e. The average molecular weight is 314 g/mol. The number of carboxylic acid groups (broad SMARTS) is 1. The molecule has 0 spiro atoms. The van der Waals surface area contributed by atoms with Gasteiger partial charge in [-0.2, -0.15) is 0 Å². The Balaban J connectivity index is 2.49. The summed E-state index contributed by atoms with van der Waals surface area (Å²) in [5.74, 6) is -1.18. The van der Waals surface area contributed by atoms with Crippen LogP contribution in [-0.2, 0) is 9.59 Å². The minimum Gasteiger partial charge on any atom is -0.480 e. The Bertz CT molecular complexity index is 367. The number of nitrogens with two attached hydrogens (primary N) is 1. The van der Waals surface area contributed by atoms with Gasteiger partial charge in [-0.05, 0) is 24.7 Å². The van der Waals surface area contributed by atoms with Gasteiger partial charge in [0.25, 0.3) is 5.91 Å². The van der Waals surface area contributed by atoms with E-state index in [0.29, 0.717) is 18.8 Å². The molecular weight excluding hydrogens is 284 g/mol. The Morgan fingerprint density at radius 3 is 2.32 bits per heavy atom. The number of nitrogens with one attached hydrogen (secondary N) is 1. The summed E-state index contributed by atoms with van der Waals surface area (Å²) in [6.45, 7) is 3.76. The zero-order chi connectivity index (χ0) is 16.7. The van der Waals surface area contributed by atoms with Crippen LogP contribution < -0.4 is 11.1 Å². The Kier molecular flexibility index (Phi) is 7.82. The summed E-state index contributed by atoms with van der Waals surface area (Å²) in [5, 5.41) is 21.6. The predicted molar refractivity (Wildman–Crippen MR) is 84.2 cm³/mol. The first-order valence-corrected chi connectivity index (χ1v) is 8.28. The third-order valence-electron chi connectivity index (χ3n) is 4.33. The first kappa shape index (κ1) is 18.9. The summed E-state index contributed by atoms with van der Waals surface area (Å²) in [6, 6.07) is -1.62. The number of rotatable bonds is 8. The lowest BCUT2D eigenvalue weighted by atomic mass is 9.84. The predicted octanol–water partition coefficient (Wildman–Crippen LogP) is 1.26. The second-order valence-corrected chi connectivity index (χ2v) is 6.88. The van der Waals surface area contributed by atoms with Crippen molar-refractivity contribution >= 4 is 11.9 Å². The monoisotopic (exact) mass is 314 g/mol. The fourth-order valence-corrected chi connectivity index (χ4v) is 3.08. The van der Waals surface area contributed by atoms with E-state index in [1.165, 1.54) is 19.3 Å². The molecule has 1 amide bonds. The van der Waals surface area contributed by atoms with E-state index in [4.69, 9.17) is 10.8 Å². The minimum atomic E-state index is -1.35. The quantitative estimate of drug-likeness (QED) is 0.539. The van der Waals surface area contributed by atoms with E-state index in [1.54, 1.807) is 0 Å². The van der Waals surface area contributed by atoms with Gasteiger partial charge in [-0.25, -0.2) is 4.79 Å². The van der Waals surface area contributed by atoms with Gasteiger partial charge in [0.15, 0.2) is 0 Å². The van der Waals surface area contributed by atoms with Gasteiger partial charge >= 0.3 is 5.97 Å². The van der Waals surface area contributed by atoms with Crippen LogP contribution in [-0.4, -0.2) is 40.3 Å². The molecule has 0 aromatic rings. The second kappa shape index (κ2) is 9.10. The van der Waals surface area contributed by atoms with Crippen molar-refractivity contribution in [1.29, 1.82) is 0 Å². The first-order valence-electron chi connectivity index (χ1n) is 8.28. The third-order valence-corrected chi connectivity index (χ3v) is 4.33. The maximum Gasteiger partial charge on any atom is 0.326 e. The summed E-state index contributed by atoms with van der Waals surface area (Å²) >= 11 is 0. The molecule has 0 bridgehead atoms. The molecule has 1 aliphatic rings. The van der Waals surface area contributed by atoms with Crippen LogP contribution in [0.5, 0.6) is 0 Å². The topological polar surface area (TPSA) is 113 Å². The van der Waals surface area contributed by atoms with E-state index in [-0.39, 0.29) is 5.92 Å². The van der Waals surface area contributed by atoms with Gasteiger partial charge in [-0.1, -0.05) is 46.0 Å². The van der Waals surface area contributed by atoms with Crippen LogP contribution in [0, 0.1) is 11.8 Å². The summed E-state index contributed by atoms with van der Waals surface area (Å²) in [4.78, 5) is 23.2. The fraction of sp³-hybridized carbons (Fsp3) is 0.875. The Labute approximate surface area is 132 Å². The zero-order valence-corrected chi connectivity index (χ0v) is 13.6. The molecule has 1 aliphatic carbocycles. The molecule has 128 valence electrons. The van der Waals surface area contributed by atoms with Gasteiger partial charge in [0.05, 0.1) is 0 Å².